The second-order valence-corrected chi connectivity index (χ2v) is 5.08. The van der Waals surface area contributed by atoms with E-state index in [1.54, 1.807) is 0 Å². The molecule has 0 unspecified atom stereocenters. The Kier molecular flexibility index (Phi) is 11.3. The number of thiocarbonyl (C=S) groups is 1. The maximum Gasteiger partial charge on any atom is 0.111 e. The molecule has 54 valence electrons. The van der Waals surface area contributed by atoms with E-state index in [-0.39, 0.29) is 52.6 Å². The molecule has 0 aromatic carbocycles. The van der Waals surface area contributed by atoms with Gasteiger partial charge in [-0.2, -0.15) is 0 Å². The molecule has 0 aromatic heterocycles. The molecule has 0 heterocycles. The van der Waals surface area contributed by atoms with Crippen LogP contribution in [-0.2, 0) is 0 Å². The van der Waals surface area contributed by atoms with Crippen molar-refractivity contribution in [3.8, 4) is 0 Å². The minimum absolute atomic E-state index is 0. The predicted molar refractivity (Wildman–Crippen MR) is 46.9 cm³/mol. The molecule has 0 aliphatic carbocycles. The van der Waals surface area contributed by atoms with Gasteiger partial charge in [-0.3, -0.25) is 0 Å². The molecule has 0 fully saturated rings. The molecule has 0 spiro atoms. The molecule has 0 aromatic rings. The van der Waals surface area contributed by atoms with Crippen LogP contribution in [0.4, 0.5) is 0 Å². The molecule has 0 saturated heterocycles. The van der Waals surface area contributed by atoms with Crippen LogP contribution in [0.5, 0.6) is 0 Å². The quantitative estimate of drug-likeness (QED) is 0.592. The van der Waals surface area contributed by atoms with Gasteiger partial charge in [0.15, 0.2) is 0 Å². The van der Waals surface area contributed by atoms with Crippen molar-refractivity contribution in [1.29, 1.82) is 0 Å². The van der Waals surface area contributed by atoms with Gasteiger partial charge >= 0.3 is 0 Å². The molecule has 0 radical (unpaired) electrons. The van der Waals surface area contributed by atoms with Gasteiger partial charge in [-0.1, -0.05) is 26.1 Å². The smallest absolute Gasteiger partial charge is 0.111 e. The zero-order valence-electron chi connectivity index (χ0n) is 5.85. The summed E-state index contributed by atoms with van der Waals surface area (Å²) in [7, 11) is -0.106. The first-order chi connectivity index (χ1) is 3.72. The van der Waals surface area contributed by atoms with Gasteiger partial charge in [-0.15, -0.1) is 0 Å². The Bertz CT molecular complexity index is 83.0. The summed E-state index contributed by atoms with van der Waals surface area (Å²) >= 11 is 4.82. The van der Waals surface area contributed by atoms with Gasteiger partial charge in [-0.05, 0) is 11.5 Å². The van der Waals surface area contributed by atoms with E-state index in [1.165, 1.54) is 0 Å². The molecule has 2 N–H and O–H groups in total. The van der Waals surface area contributed by atoms with Gasteiger partial charge in [-0.25, -0.2) is 10.9 Å². The van der Waals surface area contributed by atoms with Crippen molar-refractivity contribution in [3.05, 3.63) is 0 Å². The van der Waals surface area contributed by atoms with Crippen LogP contribution in [0, 0.1) is 41.7 Å². The Hall–Kier alpha value is 1.62. The van der Waals surface area contributed by atoms with Crippen LogP contribution in [0.25, 0.3) is 0 Å². The van der Waals surface area contributed by atoms with E-state index in [9.17, 15) is 0 Å². The maximum absolute atomic E-state index is 5.42. The second kappa shape index (κ2) is 7.72. The molecule has 0 saturated carbocycles. The summed E-state index contributed by atoms with van der Waals surface area (Å²) in [5, 5.41) is 0. The Morgan fingerprint density at radius 3 is 1.78 bits per heavy atom. The van der Waals surface area contributed by atoms with Gasteiger partial charge in [0.05, 0.1) is 0 Å². The first-order valence-electron chi connectivity index (χ1n) is 2.76. The van der Waals surface area contributed by atoms with Gasteiger partial charge in [0.25, 0.3) is 0 Å². The molecule has 4 heteroatoms. The monoisotopic (exact) mass is 291 g/mol. The fourth-order valence-corrected chi connectivity index (χ4v) is 2.38. The van der Waals surface area contributed by atoms with Crippen molar-refractivity contribution in [2.24, 2.45) is 5.73 Å². The molecule has 0 bridgehead atoms. The van der Waals surface area contributed by atoms with Crippen LogP contribution in [0.2, 0.25) is 0 Å². The van der Waals surface area contributed by atoms with Crippen molar-refractivity contribution in [2.75, 3.05) is 11.5 Å². The number of nitrogens with two attached hydrogens (primary N) is 1. The third-order valence-corrected chi connectivity index (χ3v) is 4.00. The predicted octanol–water partition coefficient (Wildman–Crippen LogP) is 1.27. The van der Waals surface area contributed by atoms with Crippen LogP contribution in [-0.4, -0.2) is 15.8 Å². The van der Waals surface area contributed by atoms with Crippen LogP contribution >= 0.6 is 23.1 Å². The van der Waals surface area contributed by atoms with Gasteiger partial charge < -0.3 is 5.73 Å². The Morgan fingerprint density at radius 2 is 1.78 bits per heavy atom. The van der Waals surface area contributed by atoms with Crippen molar-refractivity contribution in [2.45, 2.75) is 13.8 Å². The second-order valence-electron chi connectivity index (χ2n) is 1.51. The summed E-state index contributed by atoms with van der Waals surface area (Å²) < 4.78 is 0.727. The summed E-state index contributed by atoms with van der Waals surface area (Å²) in [6.07, 6.45) is 0. The zero-order valence-corrected chi connectivity index (χ0v) is 10.7. The number of hydrogen-bond acceptors (Lipinski definition) is 1. The third-order valence-electron chi connectivity index (χ3n) is 1.08. The third kappa shape index (κ3) is 6.03. The number of thiol groups is 1. The Morgan fingerprint density at radius 1 is 1.44 bits per heavy atom. The van der Waals surface area contributed by atoms with E-state index in [4.69, 9.17) is 18.0 Å². The maximum atomic E-state index is 5.42. The van der Waals surface area contributed by atoms with Crippen LogP contribution < -0.4 is 5.73 Å². The van der Waals surface area contributed by atoms with Crippen molar-refractivity contribution >= 4 is 27.4 Å². The van der Waals surface area contributed by atoms with E-state index in [2.05, 4.69) is 13.8 Å². The van der Waals surface area contributed by atoms with E-state index in [1.807, 2.05) is 0 Å². The SMILES string of the molecule is CC[SH](CC)C(N)=S.[Ce]. The summed E-state index contributed by atoms with van der Waals surface area (Å²) in [6.45, 7) is 4.27. The molecule has 1 nitrogen and oxygen atoms in total. The molecule has 0 aliphatic heterocycles. The van der Waals surface area contributed by atoms with Gasteiger partial charge in [0.2, 0.25) is 0 Å². The molecule has 0 atom stereocenters. The summed E-state index contributed by atoms with van der Waals surface area (Å²) in [6, 6.07) is 0. The fraction of sp³-hybridized carbons (Fsp3) is 0.800. The standard InChI is InChI=1S/C5H13NS2.Ce/c1-3-8(4-2)5(6)7;/h8H,3-4H2,1-2H3,(H2,6,7);. The number of hydrogen-bond donors (Lipinski definition) is 2. The average Bonchev–Trinajstić information content (AvgIpc) is 1.69. The fourth-order valence-electron chi connectivity index (χ4n) is 0.535. The molecule has 0 aliphatic rings. The molecule has 9 heavy (non-hydrogen) atoms. The summed E-state index contributed by atoms with van der Waals surface area (Å²) in [5.41, 5.74) is 5.42. The largest absolute Gasteiger partial charge is 0.386 e. The van der Waals surface area contributed by atoms with E-state index >= 15 is 0 Å². The molecular weight excluding hydrogens is 278 g/mol. The van der Waals surface area contributed by atoms with Crippen molar-refractivity contribution < 1.29 is 41.7 Å². The van der Waals surface area contributed by atoms with Crippen molar-refractivity contribution in [3.63, 3.8) is 0 Å². The zero-order chi connectivity index (χ0) is 6.57. The van der Waals surface area contributed by atoms with Crippen LogP contribution in [0.3, 0.4) is 0 Å². The Balaban J connectivity index is 0. The van der Waals surface area contributed by atoms with Gasteiger partial charge in [0.1, 0.15) is 4.32 Å². The Labute approximate surface area is 98.9 Å². The van der Waals surface area contributed by atoms with Crippen molar-refractivity contribution in [1.82, 2.24) is 0 Å². The van der Waals surface area contributed by atoms with E-state index in [0.717, 1.165) is 15.8 Å². The normalized spacial score (nSPS) is 9.78. The number of rotatable bonds is 2. The average molecular weight is 291 g/mol. The van der Waals surface area contributed by atoms with E-state index < -0.39 is 0 Å². The van der Waals surface area contributed by atoms with Crippen LogP contribution in [0.15, 0.2) is 0 Å². The minimum Gasteiger partial charge on any atom is -0.386 e. The van der Waals surface area contributed by atoms with Crippen LogP contribution in [0.1, 0.15) is 13.8 Å². The first-order valence-corrected chi connectivity index (χ1v) is 4.88. The molecular formula is C5H13CeNS2. The first kappa shape index (κ1) is 13.2. The van der Waals surface area contributed by atoms with E-state index in [0.29, 0.717) is 0 Å². The minimum atomic E-state index is -0.106. The molecule has 0 amide bonds. The molecule has 0 rings (SSSR count). The topological polar surface area (TPSA) is 26.0 Å². The summed E-state index contributed by atoms with van der Waals surface area (Å²) in [4.78, 5) is 0. The van der Waals surface area contributed by atoms with Gasteiger partial charge in [0, 0.05) is 41.7 Å². The summed E-state index contributed by atoms with van der Waals surface area (Å²) in [5.74, 6) is 2.28.